The third-order valence-corrected chi connectivity index (χ3v) is 3.52. The fourth-order valence-electron chi connectivity index (χ4n) is 2.26. The van der Waals surface area contributed by atoms with Gasteiger partial charge in [-0.2, -0.15) is 0 Å². The summed E-state index contributed by atoms with van der Waals surface area (Å²) >= 11 is 4.94. The van der Waals surface area contributed by atoms with Gasteiger partial charge in [-0.25, -0.2) is 0 Å². The average Bonchev–Trinajstić information content (AvgIpc) is 2.67. The minimum absolute atomic E-state index is 0.0926. The molecule has 1 aliphatic rings. The molecule has 2 rings (SSSR count). The molecule has 0 unspecified atom stereocenters. The highest BCUT2D eigenvalue weighted by Crippen LogP contribution is 2.14. The second-order valence-corrected chi connectivity index (χ2v) is 5.09. The number of carbonyl (C=O) groups excluding carboxylic acids is 1. The Morgan fingerprint density at radius 1 is 1.11 bits per heavy atom. The molecule has 0 bridgehead atoms. The number of hydrogen-bond donors (Lipinski definition) is 1. The van der Waals surface area contributed by atoms with Gasteiger partial charge in [0.1, 0.15) is 4.99 Å². The van der Waals surface area contributed by atoms with E-state index in [2.05, 4.69) is 0 Å². The van der Waals surface area contributed by atoms with E-state index in [-0.39, 0.29) is 5.91 Å². The first-order valence-electron chi connectivity index (χ1n) is 6.37. The van der Waals surface area contributed by atoms with Crippen molar-refractivity contribution in [1.29, 1.82) is 0 Å². The Bertz CT molecular complexity index is 451. The van der Waals surface area contributed by atoms with Crippen LogP contribution in [0.3, 0.4) is 0 Å². The third-order valence-electron chi connectivity index (χ3n) is 3.29. The summed E-state index contributed by atoms with van der Waals surface area (Å²) in [5.74, 6) is 0.0926. The van der Waals surface area contributed by atoms with Gasteiger partial charge in [-0.15, -0.1) is 0 Å². The Balaban J connectivity index is 2.16. The fourth-order valence-corrected chi connectivity index (χ4v) is 2.39. The Morgan fingerprint density at radius 3 is 2.33 bits per heavy atom. The van der Waals surface area contributed by atoms with Gasteiger partial charge in [0, 0.05) is 24.2 Å². The van der Waals surface area contributed by atoms with Gasteiger partial charge in [0.05, 0.1) is 0 Å². The number of amides is 1. The van der Waals surface area contributed by atoms with Crippen LogP contribution >= 0.6 is 12.2 Å². The summed E-state index contributed by atoms with van der Waals surface area (Å²) in [5.41, 5.74) is 7.03. The van der Waals surface area contributed by atoms with Crippen molar-refractivity contribution >= 4 is 23.1 Å². The zero-order valence-corrected chi connectivity index (χ0v) is 11.2. The molecule has 0 radical (unpaired) electrons. The van der Waals surface area contributed by atoms with Crippen LogP contribution in [0.1, 0.15) is 41.6 Å². The Kier molecular flexibility index (Phi) is 4.31. The molecule has 3 nitrogen and oxygen atoms in total. The molecule has 1 aromatic carbocycles. The molecule has 1 heterocycles. The van der Waals surface area contributed by atoms with Crippen LogP contribution in [-0.4, -0.2) is 28.9 Å². The first kappa shape index (κ1) is 13.0. The minimum Gasteiger partial charge on any atom is -0.389 e. The molecule has 96 valence electrons. The van der Waals surface area contributed by atoms with Crippen LogP contribution in [0.2, 0.25) is 0 Å². The molecule has 0 aliphatic carbocycles. The van der Waals surface area contributed by atoms with Crippen molar-refractivity contribution in [2.75, 3.05) is 13.1 Å². The summed E-state index contributed by atoms with van der Waals surface area (Å²) in [4.78, 5) is 14.6. The summed E-state index contributed by atoms with van der Waals surface area (Å²) < 4.78 is 0. The van der Waals surface area contributed by atoms with Crippen LogP contribution in [0, 0.1) is 0 Å². The largest absolute Gasteiger partial charge is 0.389 e. The lowest BCUT2D eigenvalue weighted by Gasteiger charge is -2.20. The molecule has 1 aromatic rings. The van der Waals surface area contributed by atoms with E-state index in [9.17, 15) is 4.79 Å². The number of benzene rings is 1. The zero-order valence-electron chi connectivity index (χ0n) is 10.4. The van der Waals surface area contributed by atoms with Crippen molar-refractivity contribution in [2.24, 2.45) is 5.73 Å². The standard InChI is InChI=1S/C14H18N2OS/c15-13(18)11-6-5-7-12(10-11)14(17)16-8-3-1-2-4-9-16/h5-7,10H,1-4,8-9H2,(H2,15,18). The van der Waals surface area contributed by atoms with E-state index in [1.165, 1.54) is 12.8 Å². The van der Waals surface area contributed by atoms with Crippen LogP contribution in [-0.2, 0) is 0 Å². The van der Waals surface area contributed by atoms with Crippen molar-refractivity contribution in [1.82, 2.24) is 4.90 Å². The molecule has 1 saturated heterocycles. The minimum atomic E-state index is 0.0926. The van der Waals surface area contributed by atoms with Crippen molar-refractivity contribution < 1.29 is 4.79 Å². The Hall–Kier alpha value is -1.42. The first-order valence-corrected chi connectivity index (χ1v) is 6.78. The number of carbonyl (C=O) groups is 1. The summed E-state index contributed by atoms with van der Waals surface area (Å²) in [5, 5.41) is 0. The number of rotatable bonds is 2. The molecular formula is C14H18N2OS. The predicted octanol–water partition coefficient (Wildman–Crippen LogP) is 2.34. The van der Waals surface area contributed by atoms with Crippen LogP contribution in [0.5, 0.6) is 0 Å². The fraction of sp³-hybridized carbons (Fsp3) is 0.429. The maximum Gasteiger partial charge on any atom is 0.253 e. The third kappa shape index (κ3) is 3.07. The normalized spacial score (nSPS) is 16.1. The number of nitrogens with two attached hydrogens (primary N) is 1. The molecule has 18 heavy (non-hydrogen) atoms. The van der Waals surface area contributed by atoms with Gasteiger partial charge in [-0.05, 0) is 25.0 Å². The monoisotopic (exact) mass is 262 g/mol. The van der Waals surface area contributed by atoms with Crippen LogP contribution in [0.15, 0.2) is 24.3 Å². The van der Waals surface area contributed by atoms with E-state index in [1.807, 2.05) is 23.1 Å². The SMILES string of the molecule is NC(=S)c1cccc(C(=O)N2CCCCCC2)c1. The van der Waals surface area contributed by atoms with E-state index >= 15 is 0 Å². The van der Waals surface area contributed by atoms with Crippen LogP contribution in [0.4, 0.5) is 0 Å². The number of hydrogen-bond acceptors (Lipinski definition) is 2. The lowest BCUT2D eigenvalue weighted by molar-refractivity contribution is 0.0761. The first-order chi connectivity index (χ1) is 8.68. The number of likely N-dealkylation sites (tertiary alicyclic amines) is 1. The molecule has 0 spiro atoms. The van der Waals surface area contributed by atoms with Gasteiger partial charge >= 0.3 is 0 Å². The van der Waals surface area contributed by atoms with E-state index in [0.717, 1.165) is 31.5 Å². The second kappa shape index (κ2) is 5.96. The van der Waals surface area contributed by atoms with Gasteiger partial charge in [-0.1, -0.05) is 37.2 Å². The Labute approximate surface area is 113 Å². The van der Waals surface area contributed by atoms with Gasteiger partial charge in [-0.3, -0.25) is 4.79 Å². The van der Waals surface area contributed by atoms with Crippen molar-refractivity contribution in [3.63, 3.8) is 0 Å². The lowest BCUT2D eigenvalue weighted by Crippen LogP contribution is -2.32. The molecule has 0 atom stereocenters. The van der Waals surface area contributed by atoms with Crippen molar-refractivity contribution in [3.05, 3.63) is 35.4 Å². The quantitative estimate of drug-likeness (QED) is 0.832. The Morgan fingerprint density at radius 2 is 1.72 bits per heavy atom. The van der Waals surface area contributed by atoms with Crippen LogP contribution in [0.25, 0.3) is 0 Å². The van der Waals surface area contributed by atoms with Gasteiger partial charge in [0.2, 0.25) is 0 Å². The number of thiocarbonyl (C=S) groups is 1. The zero-order chi connectivity index (χ0) is 13.0. The maximum atomic E-state index is 12.4. The van der Waals surface area contributed by atoms with Gasteiger partial charge < -0.3 is 10.6 Å². The molecule has 1 aliphatic heterocycles. The summed E-state index contributed by atoms with van der Waals surface area (Å²) in [6.07, 6.45) is 4.63. The van der Waals surface area contributed by atoms with E-state index in [1.54, 1.807) is 6.07 Å². The summed E-state index contributed by atoms with van der Waals surface area (Å²) in [6, 6.07) is 7.28. The molecule has 0 aromatic heterocycles. The second-order valence-electron chi connectivity index (χ2n) is 4.65. The molecule has 1 fully saturated rings. The highest BCUT2D eigenvalue weighted by molar-refractivity contribution is 7.80. The topological polar surface area (TPSA) is 46.3 Å². The van der Waals surface area contributed by atoms with Gasteiger partial charge in [0.15, 0.2) is 0 Å². The van der Waals surface area contributed by atoms with E-state index in [4.69, 9.17) is 18.0 Å². The highest BCUT2D eigenvalue weighted by atomic mass is 32.1. The highest BCUT2D eigenvalue weighted by Gasteiger charge is 2.17. The average molecular weight is 262 g/mol. The number of nitrogens with zero attached hydrogens (tertiary/aromatic N) is 1. The van der Waals surface area contributed by atoms with Crippen LogP contribution < -0.4 is 5.73 Å². The summed E-state index contributed by atoms with van der Waals surface area (Å²) in [6.45, 7) is 1.71. The summed E-state index contributed by atoms with van der Waals surface area (Å²) in [7, 11) is 0. The lowest BCUT2D eigenvalue weighted by atomic mass is 10.1. The maximum absolute atomic E-state index is 12.4. The van der Waals surface area contributed by atoms with Crippen molar-refractivity contribution in [3.8, 4) is 0 Å². The van der Waals surface area contributed by atoms with E-state index < -0.39 is 0 Å². The van der Waals surface area contributed by atoms with Gasteiger partial charge in [0.25, 0.3) is 5.91 Å². The molecular weight excluding hydrogens is 244 g/mol. The smallest absolute Gasteiger partial charge is 0.253 e. The van der Waals surface area contributed by atoms with Crippen molar-refractivity contribution in [2.45, 2.75) is 25.7 Å². The molecule has 0 saturated carbocycles. The predicted molar refractivity (Wildman–Crippen MR) is 76.7 cm³/mol. The van der Waals surface area contributed by atoms with E-state index in [0.29, 0.717) is 10.6 Å². The molecule has 1 amide bonds. The molecule has 2 N–H and O–H groups in total. The molecule has 4 heteroatoms.